The lowest BCUT2D eigenvalue weighted by atomic mass is 10.3. The fraction of sp³-hybridized carbons (Fsp3) is 0.333. The van der Waals surface area contributed by atoms with Gasteiger partial charge in [-0.1, -0.05) is 11.6 Å². The van der Waals surface area contributed by atoms with E-state index in [-0.39, 0.29) is 15.7 Å². The van der Waals surface area contributed by atoms with Crippen LogP contribution in [0.15, 0.2) is 23.1 Å². The maximum Gasteiger partial charge on any atom is 0.185 e. The minimum absolute atomic E-state index is 0.0432. The molecular weight excluding hydrogens is 321 g/mol. The number of sulfone groups is 1. The molecule has 0 aliphatic carbocycles. The van der Waals surface area contributed by atoms with Crippen molar-refractivity contribution in [3.63, 3.8) is 0 Å². The Morgan fingerprint density at radius 3 is 2.95 bits per heavy atom. The Bertz CT molecular complexity index is 791. The second-order valence-corrected chi connectivity index (χ2v) is 6.97. The number of hydrogen-bond donors (Lipinski definition) is 0. The zero-order valence-corrected chi connectivity index (χ0v) is 12.4. The Morgan fingerprint density at radius 1 is 1.38 bits per heavy atom. The van der Waals surface area contributed by atoms with E-state index >= 15 is 0 Å². The van der Waals surface area contributed by atoms with Crippen LogP contribution in [-0.4, -0.2) is 29.8 Å². The summed E-state index contributed by atoms with van der Waals surface area (Å²) in [5.74, 6) is -0.0351. The Kier molecular flexibility index (Phi) is 3.68. The number of rotatable bonds is 3. The molecule has 1 aromatic heterocycles. The van der Waals surface area contributed by atoms with Crippen LogP contribution < -0.4 is 0 Å². The van der Waals surface area contributed by atoms with E-state index in [9.17, 15) is 12.8 Å². The van der Waals surface area contributed by atoms with Crippen molar-refractivity contribution in [2.24, 2.45) is 0 Å². The maximum absolute atomic E-state index is 13.1. The van der Waals surface area contributed by atoms with Gasteiger partial charge in [-0.2, -0.15) is 0 Å². The molecule has 0 N–H and O–H groups in total. The van der Waals surface area contributed by atoms with Crippen molar-refractivity contribution in [2.75, 3.05) is 6.61 Å². The van der Waals surface area contributed by atoms with Gasteiger partial charge in [-0.15, -0.1) is 10.2 Å². The Balaban J connectivity index is 1.92. The first-order chi connectivity index (χ1) is 9.97. The van der Waals surface area contributed by atoms with E-state index in [1.165, 1.54) is 6.07 Å². The molecule has 0 saturated carbocycles. The van der Waals surface area contributed by atoms with Gasteiger partial charge in [0.25, 0.3) is 0 Å². The molecule has 1 aliphatic heterocycles. The molecule has 0 saturated heterocycles. The molecule has 112 valence electrons. The van der Waals surface area contributed by atoms with Crippen molar-refractivity contribution in [3.8, 4) is 0 Å². The van der Waals surface area contributed by atoms with Crippen LogP contribution in [-0.2, 0) is 33.5 Å². The van der Waals surface area contributed by atoms with Crippen LogP contribution in [0.4, 0.5) is 4.39 Å². The van der Waals surface area contributed by atoms with E-state index in [1.54, 1.807) is 4.57 Å². The van der Waals surface area contributed by atoms with Crippen molar-refractivity contribution in [2.45, 2.75) is 23.8 Å². The van der Waals surface area contributed by atoms with Gasteiger partial charge in [0.05, 0.1) is 16.5 Å². The van der Waals surface area contributed by atoms with E-state index in [1.807, 2.05) is 0 Å². The minimum Gasteiger partial charge on any atom is -0.372 e. The van der Waals surface area contributed by atoms with E-state index < -0.39 is 15.7 Å². The molecule has 0 spiro atoms. The molecule has 1 aliphatic rings. The Hall–Kier alpha value is -1.51. The number of nitrogens with zero attached hydrogens (tertiary/aromatic N) is 3. The first-order valence-electron chi connectivity index (χ1n) is 6.14. The zero-order valence-electron chi connectivity index (χ0n) is 10.8. The fourth-order valence-electron chi connectivity index (χ4n) is 2.09. The number of fused-ring (bicyclic) bond motifs is 1. The molecule has 2 heterocycles. The Labute approximate surface area is 125 Å². The van der Waals surface area contributed by atoms with E-state index in [0.29, 0.717) is 31.4 Å². The largest absolute Gasteiger partial charge is 0.372 e. The highest BCUT2D eigenvalue weighted by Gasteiger charge is 2.23. The van der Waals surface area contributed by atoms with Crippen LogP contribution in [0.25, 0.3) is 0 Å². The monoisotopic (exact) mass is 331 g/mol. The van der Waals surface area contributed by atoms with Crippen LogP contribution in [0.3, 0.4) is 0 Å². The molecule has 0 atom stereocenters. The highest BCUT2D eigenvalue weighted by atomic mass is 35.5. The van der Waals surface area contributed by atoms with Crippen LogP contribution in [0.1, 0.15) is 11.6 Å². The summed E-state index contributed by atoms with van der Waals surface area (Å²) < 4.78 is 44.8. The molecule has 1 aromatic carbocycles. The molecule has 0 unspecified atom stereocenters. The van der Waals surface area contributed by atoms with Crippen LogP contribution in [0.2, 0.25) is 5.02 Å². The summed E-state index contributed by atoms with van der Waals surface area (Å²) in [5, 5.41) is 7.57. The van der Waals surface area contributed by atoms with Gasteiger partial charge < -0.3 is 9.30 Å². The van der Waals surface area contributed by atoms with E-state index in [2.05, 4.69) is 10.2 Å². The zero-order chi connectivity index (χ0) is 15.0. The second kappa shape index (κ2) is 5.36. The van der Waals surface area contributed by atoms with Crippen LogP contribution in [0, 0.1) is 5.82 Å². The number of aromatic nitrogens is 3. The van der Waals surface area contributed by atoms with Gasteiger partial charge in [-0.3, -0.25) is 0 Å². The number of hydrogen-bond acceptors (Lipinski definition) is 5. The summed E-state index contributed by atoms with van der Waals surface area (Å²) in [6.45, 7) is 1.31. The highest BCUT2D eigenvalue weighted by Crippen LogP contribution is 2.22. The predicted molar refractivity (Wildman–Crippen MR) is 72.0 cm³/mol. The normalized spacial score (nSPS) is 15.0. The standard InChI is InChI=1S/C12H11ClFN3O3S/c13-9-5-8(1-2-10(9)14)21(18,19)7-12-16-15-11-6-20-4-3-17(11)12/h1-2,5H,3-4,6-7H2. The molecule has 0 radical (unpaired) electrons. The average Bonchev–Trinajstić information content (AvgIpc) is 2.85. The molecule has 0 amide bonds. The fourth-order valence-corrected chi connectivity index (χ4v) is 3.63. The van der Waals surface area contributed by atoms with Crippen molar-refractivity contribution >= 4 is 21.4 Å². The van der Waals surface area contributed by atoms with Gasteiger partial charge in [0.2, 0.25) is 0 Å². The van der Waals surface area contributed by atoms with Crippen molar-refractivity contribution in [3.05, 3.63) is 40.7 Å². The number of ether oxygens (including phenoxy) is 1. The van der Waals surface area contributed by atoms with Gasteiger partial charge in [0.15, 0.2) is 15.7 Å². The molecule has 9 heteroatoms. The van der Waals surface area contributed by atoms with Gasteiger partial charge in [0, 0.05) is 6.54 Å². The van der Waals surface area contributed by atoms with Crippen molar-refractivity contribution in [1.82, 2.24) is 14.8 Å². The smallest absolute Gasteiger partial charge is 0.185 e. The topological polar surface area (TPSA) is 74.1 Å². The lowest BCUT2D eigenvalue weighted by Gasteiger charge is -2.15. The third-order valence-corrected chi connectivity index (χ3v) is 5.06. The molecule has 21 heavy (non-hydrogen) atoms. The van der Waals surface area contributed by atoms with Crippen molar-refractivity contribution in [1.29, 1.82) is 0 Å². The van der Waals surface area contributed by atoms with Gasteiger partial charge >= 0.3 is 0 Å². The quantitative estimate of drug-likeness (QED) is 0.798. The number of benzene rings is 1. The SMILES string of the molecule is O=S(=O)(Cc1nnc2n1CCOC2)c1ccc(F)c(Cl)c1. The third-order valence-electron chi connectivity index (χ3n) is 3.16. The molecular formula is C12H11ClFN3O3S. The summed E-state index contributed by atoms with van der Waals surface area (Å²) in [6, 6.07) is 3.32. The molecule has 0 fully saturated rings. The predicted octanol–water partition coefficient (Wildman–Crippen LogP) is 1.57. The first-order valence-corrected chi connectivity index (χ1v) is 8.17. The summed E-state index contributed by atoms with van der Waals surface area (Å²) in [7, 11) is -3.67. The third kappa shape index (κ3) is 2.78. The van der Waals surface area contributed by atoms with E-state index in [0.717, 1.165) is 12.1 Å². The lowest BCUT2D eigenvalue weighted by Crippen LogP contribution is -2.20. The average molecular weight is 332 g/mol. The maximum atomic E-state index is 13.1. The summed E-state index contributed by atoms with van der Waals surface area (Å²) >= 11 is 5.63. The van der Waals surface area contributed by atoms with Crippen LogP contribution >= 0.6 is 11.6 Å². The number of halogens is 2. The molecule has 2 aromatic rings. The van der Waals surface area contributed by atoms with Gasteiger partial charge in [-0.05, 0) is 18.2 Å². The highest BCUT2D eigenvalue weighted by molar-refractivity contribution is 7.90. The Morgan fingerprint density at radius 2 is 2.19 bits per heavy atom. The molecule has 3 rings (SSSR count). The summed E-state index contributed by atoms with van der Waals surface area (Å²) in [5.41, 5.74) is 0. The van der Waals surface area contributed by atoms with Crippen molar-refractivity contribution < 1.29 is 17.5 Å². The lowest BCUT2D eigenvalue weighted by molar-refractivity contribution is 0.0808. The summed E-state index contributed by atoms with van der Waals surface area (Å²) in [4.78, 5) is -0.0432. The molecule has 0 bridgehead atoms. The van der Waals surface area contributed by atoms with E-state index in [4.69, 9.17) is 16.3 Å². The summed E-state index contributed by atoms with van der Waals surface area (Å²) in [6.07, 6.45) is 0. The minimum atomic E-state index is -3.67. The van der Waals surface area contributed by atoms with Crippen LogP contribution in [0.5, 0.6) is 0 Å². The first kappa shape index (κ1) is 14.4. The van der Waals surface area contributed by atoms with Gasteiger partial charge in [-0.25, -0.2) is 12.8 Å². The molecule has 6 nitrogen and oxygen atoms in total. The van der Waals surface area contributed by atoms with Gasteiger partial charge in [0.1, 0.15) is 24.0 Å². The second-order valence-electron chi connectivity index (χ2n) is 4.57.